The summed E-state index contributed by atoms with van der Waals surface area (Å²) in [6.45, 7) is 6.72. The standard InChI is InChI=1S/C25H30FN3O2/c1-18(14-23(30)20-9-8-19(2)22(26)15-20)16-28-12-10-25(11-13-28)24(31)27-17-29(25)21-6-4-3-5-7-21/h3-9,15,18H,10-14,16-17H2,1-2H3,(H,27,31)/t18-/m1/s1. The molecule has 2 heterocycles. The number of hydrogen-bond acceptors (Lipinski definition) is 4. The van der Waals surface area contributed by atoms with Crippen molar-refractivity contribution >= 4 is 17.4 Å². The Morgan fingerprint density at radius 3 is 2.55 bits per heavy atom. The van der Waals surface area contributed by atoms with Gasteiger partial charge in [-0.15, -0.1) is 0 Å². The van der Waals surface area contributed by atoms with Gasteiger partial charge in [-0.25, -0.2) is 4.39 Å². The van der Waals surface area contributed by atoms with Crippen molar-refractivity contribution in [2.75, 3.05) is 31.2 Å². The van der Waals surface area contributed by atoms with E-state index in [-0.39, 0.29) is 23.4 Å². The highest BCUT2D eigenvalue weighted by Crippen LogP contribution is 2.36. The van der Waals surface area contributed by atoms with Crippen molar-refractivity contribution in [3.05, 3.63) is 65.5 Å². The molecule has 0 aromatic heterocycles. The van der Waals surface area contributed by atoms with Crippen LogP contribution < -0.4 is 10.2 Å². The van der Waals surface area contributed by atoms with Gasteiger partial charge in [0.05, 0.1) is 6.67 Å². The van der Waals surface area contributed by atoms with E-state index in [4.69, 9.17) is 0 Å². The van der Waals surface area contributed by atoms with Gasteiger partial charge >= 0.3 is 0 Å². The Morgan fingerprint density at radius 1 is 1.16 bits per heavy atom. The van der Waals surface area contributed by atoms with Crippen LogP contribution in [0.15, 0.2) is 48.5 Å². The molecule has 0 radical (unpaired) electrons. The fourth-order valence-corrected chi connectivity index (χ4v) is 4.84. The summed E-state index contributed by atoms with van der Waals surface area (Å²) in [7, 11) is 0. The fraction of sp³-hybridized carbons (Fsp3) is 0.440. The number of amides is 1. The van der Waals surface area contributed by atoms with Crippen LogP contribution >= 0.6 is 0 Å². The lowest BCUT2D eigenvalue weighted by Crippen LogP contribution is -2.56. The third kappa shape index (κ3) is 4.35. The fourth-order valence-electron chi connectivity index (χ4n) is 4.84. The molecule has 0 aliphatic carbocycles. The van der Waals surface area contributed by atoms with E-state index in [1.165, 1.54) is 6.07 Å². The van der Waals surface area contributed by atoms with Crippen molar-refractivity contribution in [2.45, 2.75) is 38.6 Å². The average Bonchev–Trinajstić information content (AvgIpc) is 3.08. The second kappa shape index (κ2) is 8.79. The van der Waals surface area contributed by atoms with E-state index in [0.717, 1.165) is 38.2 Å². The summed E-state index contributed by atoms with van der Waals surface area (Å²) in [5.74, 6) is -0.0860. The summed E-state index contributed by atoms with van der Waals surface area (Å²) >= 11 is 0. The van der Waals surface area contributed by atoms with Gasteiger partial charge in [0, 0.05) is 37.3 Å². The molecule has 1 spiro atoms. The first-order valence-corrected chi connectivity index (χ1v) is 11.0. The number of carbonyl (C=O) groups excluding carboxylic acids is 2. The van der Waals surface area contributed by atoms with Crippen molar-refractivity contribution in [1.82, 2.24) is 10.2 Å². The number of ketones is 1. The van der Waals surface area contributed by atoms with Gasteiger partial charge in [-0.3, -0.25) is 9.59 Å². The van der Waals surface area contributed by atoms with E-state index in [0.29, 0.717) is 24.2 Å². The molecule has 2 saturated heterocycles. The van der Waals surface area contributed by atoms with E-state index in [1.54, 1.807) is 19.1 Å². The molecule has 6 heteroatoms. The predicted octanol–water partition coefficient (Wildman–Crippen LogP) is 3.77. The molecule has 31 heavy (non-hydrogen) atoms. The summed E-state index contributed by atoms with van der Waals surface area (Å²) in [5, 5.41) is 3.03. The minimum absolute atomic E-state index is 0.0229. The molecular formula is C25H30FN3O2. The topological polar surface area (TPSA) is 52.7 Å². The zero-order valence-corrected chi connectivity index (χ0v) is 18.2. The number of benzene rings is 2. The second-order valence-corrected chi connectivity index (χ2v) is 8.96. The van der Waals surface area contributed by atoms with Crippen LogP contribution in [0.3, 0.4) is 0 Å². The van der Waals surface area contributed by atoms with Gasteiger partial charge in [-0.05, 0) is 49.4 Å². The first kappa shape index (κ1) is 21.5. The number of rotatable bonds is 6. The summed E-state index contributed by atoms with van der Waals surface area (Å²) < 4.78 is 13.8. The normalized spacial score (nSPS) is 19.5. The number of carbonyl (C=O) groups is 2. The van der Waals surface area contributed by atoms with E-state index in [9.17, 15) is 14.0 Å². The smallest absolute Gasteiger partial charge is 0.247 e. The molecule has 2 aromatic carbocycles. The number of piperidine rings is 1. The number of hydrogen-bond donors (Lipinski definition) is 1. The zero-order valence-electron chi connectivity index (χ0n) is 18.2. The Balaban J connectivity index is 1.34. The zero-order chi connectivity index (χ0) is 22.0. The number of likely N-dealkylation sites (tertiary alicyclic amines) is 1. The lowest BCUT2D eigenvalue weighted by Gasteiger charge is -2.43. The van der Waals surface area contributed by atoms with Gasteiger partial charge in [0.1, 0.15) is 11.4 Å². The SMILES string of the molecule is Cc1ccc(C(=O)C[C@@H](C)CN2CCC3(CC2)C(=O)NCN3c2ccccc2)cc1F. The second-order valence-electron chi connectivity index (χ2n) is 8.96. The Morgan fingerprint density at radius 2 is 1.87 bits per heavy atom. The van der Waals surface area contributed by atoms with Crippen LogP contribution in [0.5, 0.6) is 0 Å². The summed E-state index contributed by atoms with van der Waals surface area (Å²) in [4.78, 5) is 29.9. The van der Waals surface area contributed by atoms with Gasteiger partial charge in [-0.2, -0.15) is 0 Å². The largest absolute Gasteiger partial charge is 0.339 e. The number of aryl methyl sites for hydroxylation is 1. The van der Waals surface area contributed by atoms with Crippen molar-refractivity contribution in [3.8, 4) is 0 Å². The van der Waals surface area contributed by atoms with Crippen molar-refractivity contribution in [2.24, 2.45) is 5.92 Å². The number of halogens is 1. The third-order valence-corrected chi connectivity index (χ3v) is 6.69. The van der Waals surface area contributed by atoms with Gasteiger partial charge in [-0.1, -0.05) is 37.3 Å². The molecule has 2 aliphatic heterocycles. The van der Waals surface area contributed by atoms with Gasteiger partial charge < -0.3 is 15.1 Å². The lowest BCUT2D eigenvalue weighted by atomic mass is 9.85. The van der Waals surface area contributed by atoms with Crippen LogP contribution in [0.25, 0.3) is 0 Å². The monoisotopic (exact) mass is 423 g/mol. The van der Waals surface area contributed by atoms with Crippen molar-refractivity contribution in [1.29, 1.82) is 0 Å². The van der Waals surface area contributed by atoms with Crippen LogP contribution in [0.1, 0.15) is 42.1 Å². The van der Waals surface area contributed by atoms with E-state index < -0.39 is 5.54 Å². The molecule has 0 unspecified atom stereocenters. The highest BCUT2D eigenvalue weighted by Gasteiger charge is 2.50. The van der Waals surface area contributed by atoms with Crippen molar-refractivity contribution < 1.29 is 14.0 Å². The molecule has 5 nitrogen and oxygen atoms in total. The summed E-state index contributed by atoms with van der Waals surface area (Å²) in [5.41, 5.74) is 1.57. The maximum absolute atomic E-state index is 13.8. The molecule has 1 N–H and O–H groups in total. The van der Waals surface area contributed by atoms with Gasteiger partial charge in [0.15, 0.2) is 5.78 Å². The molecule has 0 saturated carbocycles. The first-order valence-electron chi connectivity index (χ1n) is 11.0. The summed E-state index contributed by atoms with van der Waals surface area (Å²) in [6, 6.07) is 14.8. The lowest BCUT2D eigenvalue weighted by molar-refractivity contribution is -0.125. The Labute approximate surface area is 183 Å². The molecule has 1 amide bonds. The van der Waals surface area contributed by atoms with Crippen molar-refractivity contribution in [3.63, 3.8) is 0 Å². The first-order chi connectivity index (χ1) is 14.9. The van der Waals surface area contributed by atoms with Gasteiger partial charge in [0.25, 0.3) is 0 Å². The minimum atomic E-state index is -0.490. The molecular weight excluding hydrogens is 393 g/mol. The molecule has 164 valence electrons. The van der Waals surface area contributed by atoms with Crippen LogP contribution in [0.2, 0.25) is 0 Å². The van der Waals surface area contributed by atoms with Crippen LogP contribution in [-0.4, -0.2) is 48.4 Å². The molecule has 2 aliphatic rings. The van der Waals surface area contributed by atoms with Crippen LogP contribution in [-0.2, 0) is 4.79 Å². The number of para-hydroxylation sites is 1. The predicted molar refractivity (Wildman–Crippen MR) is 120 cm³/mol. The average molecular weight is 424 g/mol. The number of nitrogens with zero attached hydrogens (tertiary/aromatic N) is 2. The van der Waals surface area contributed by atoms with E-state index in [1.807, 2.05) is 18.2 Å². The maximum Gasteiger partial charge on any atom is 0.247 e. The Hall–Kier alpha value is -2.73. The van der Waals surface area contributed by atoms with Crippen LogP contribution in [0.4, 0.5) is 10.1 Å². The molecule has 1 atom stereocenters. The molecule has 2 aromatic rings. The Bertz CT molecular complexity index is 954. The molecule has 0 bridgehead atoms. The number of Topliss-reactive ketones (excluding diaryl/α,β-unsaturated/α-hetero) is 1. The van der Waals surface area contributed by atoms with E-state index in [2.05, 4.69) is 34.2 Å². The number of anilines is 1. The Kier molecular flexibility index (Phi) is 6.10. The molecule has 2 fully saturated rings. The van der Waals surface area contributed by atoms with Gasteiger partial charge in [0.2, 0.25) is 5.91 Å². The maximum atomic E-state index is 13.8. The molecule has 4 rings (SSSR count). The minimum Gasteiger partial charge on any atom is -0.339 e. The quantitative estimate of drug-likeness (QED) is 0.719. The highest BCUT2D eigenvalue weighted by atomic mass is 19.1. The third-order valence-electron chi connectivity index (χ3n) is 6.69. The summed E-state index contributed by atoms with van der Waals surface area (Å²) in [6.07, 6.45) is 1.91. The highest BCUT2D eigenvalue weighted by molar-refractivity contribution is 5.96. The van der Waals surface area contributed by atoms with E-state index >= 15 is 0 Å². The van der Waals surface area contributed by atoms with Crippen LogP contribution in [0, 0.1) is 18.7 Å². The number of nitrogens with one attached hydrogen (secondary N) is 1.